The molecule has 1 fully saturated rings. The van der Waals surface area contributed by atoms with Crippen LogP contribution in [0.1, 0.15) is 31.2 Å². The predicted octanol–water partition coefficient (Wildman–Crippen LogP) is 2.41. The highest BCUT2D eigenvalue weighted by Gasteiger charge is 2.21. The third-order valence-corrected chi connectivity index (χ3v) is 5.45. The first kappa shape index (κ1) is 21.2. The highest BCUT2D eigenvalue weighted by Crippen LogP contribution is 2.27. The van der Waals surface area contributed by atoms with Crippen LogP contribution < -0.4 is 9.47 Å². The third-order valence-electron chi connectivity index (χ3n) is 5.45. The summed E-state index contributed by atoms with van der Waals surface area (Å²) in [5.74, 6) is 3.05. The molecule has 1 aromatic carbocycles. The quantitative estimate of drug-likeness (QED) is 0.681. The fourth-order valence-corrected chi connectivity index (χ4v) is 3.76. The van der Waals surface area contributed by atoms with Gasteiger partial charge in [0.25, 0.3) is 0 Å². The Kier molecular flexibility index (Phi) is 7.14. The van der Waals surface area contributed by atoms with Crippen molar-refractivity contribution in [3.05, 3.63) is 42.0 Å². The molecule has 0 atom stereocenters. The molecule has 158 valence electrons. The molecule has 0 N–H and O–H groups in total. The summed E-state index contributed by atoms with van der Waals surface area (Å²) in [5, 5.41) is 0. The zero-order chi connectivity index (χ0) is 20.8. The number of benzene rings is 1. The van der Waals surface area contributed by atoms with Gasteiger partial charge in [0.1, 0.15) is 5.82 Å². The Morgan fingerprint density at radius 3 is 2.45 bits per heavy atom. The number of amides is 1. The third kappa shape index (κ3) is 5.29. The van der Waals surface area contributed by atoms with Crippen LogP contribution in [-0.4, -0.2) is 72.2 Å². The number of methoxy groups -OCH3 is 2. The first-order chi connectivity index (χ1) is 14.0. The maximum Gasteiger partial charge on any atom is 0.227 e. The molecular formula is C22H32N4O3. The van der Waals surface area contributed by atoms with Crippen LogP contribution in [0.5, 0.6) is 11.5 Å². The van der Waals surface area contributed by atoms with Gasteiger partial charge < -0.3 is 18.9 Å². The van der Waals surface area contributed by atoms with Gasteiger partial charge in [-0.1, -0.05) is 19.9 Å². The minimum absolute atomic E-state index is 0.161. The van der Waals surface area contributed by atoms with Crippen LogP contribution >= 0.6 is 0 Å². The topological polar surface area (TPSA) is 59.8 Å². The fourth-order valence-electron chi connectivity index (χ4n) is 3.76. The summed E-state index contributed by atoms with van der Waals surface area (Å²) >= 11 is 0. The largest absolute Gasteiger partial charge is 0.493 e. The molecule has 0 saturated carbocycles. The minimum atomic E-state index is 0.161. The Hall–Kier alpha value is -2.54. The molecule has 0 bridgehead atoms. The van der Waals surface area contributed by atoms with Gasteiger partial charge in [0.15, 0.2) is 11.5 Å². The first-order valence-corrected chi connectivity index (χ1v) is 10.2. The lowest BCUT2D eigenvalue weighted by Gasteiger charge is -2.35. The maximum atomic E-state index is 12.7. The maximum absolute atomic E-state index is 12.7. The van der Waals surface area contributed by atoms with E-state index in [2.05, 4.69) is 34.5 Å². The Balaban J connectivity index is 1.47. The Labute approximate surface area is 173 Å². The van der Waals surface area contributed by atoms with E-state index in [1.807, 2.05) is 29.3 Å². The molecule has 0 radical (unpaired) electrons. The van der Waals surface area contributed by atoms with Gasteiger partial charge in [-0.3, -0.25) is 9.69 Å². The predicted molar refractivity (Wildman–Crippen MR) is 113 cm³/mol. The standard InChI is InChI=1S/C22H32N4O3/c1-17(2)22-23-7-8-26(22)14-11-24-9-12-25(13-10-24)21(27)16-18-5-6-19(28-3)20(15-18)29-4/h5-8,15,17H,9-14,16H2,1-4H3. The van der Waals surface area contributed by atoms with Crippen LogP contribution in [0.4, 0.5) is 0 Å². The number of carbonyl (C=O) groups is 1. The van der Waals surface area contributed by atoms with E-state index in [0.717, 1.165) is 50.7 Å². The van der Waals surface area contributed by atoms with E-state index in [1.54, 1.807) is 14.2 Å². The highest BCUT2D eigenvalue weighted by molar-refractivity contribution is 5.79. The Bertz CT molecular complexity index is 810. The molecule has 1 saturated heterocycles. The van der Waals surface area contributed by atoms with Gasteiger partial charge in [-0.25, -0.2) is 4.98 Å². The minimum Gasteiger partial charge on any atom is -0.493 e. The monoisotopic (exact) mass is 400 g/mol. The normalized spacial score (nSPS) is 15.0. The molecule has 2 aromatic rings. The number of imidazole rings is 1. The lowest BCUT2D eigenvalue weighted by atomic mass is 10.1. The second-order valence-electron chi connectivity index (χ2n) is 7.72. The van der Waals surface area contributed by atoms with Gasteiger partial charge in [-0.2, -0.15) is 0 Å². The van der Waals surface area contributed by atoms with Gasteiger partial charge in [0.05, 0.1) is 20.6 Å². The molecule has 2 heterocycles. The van der Waals surface area contributed by atoms with Crippen LogP contribution in [0.15, 0.2) is 30.6 Å². The second-order valence-corrected chi connectivity index (χ2v) is 7.72. The Morgan fingerprint density at radius 1 is 1.07 bits per heavy atom. The number of rotatable bonds is 8. The van der Waals surface area contributed by atoms with Gasteiger partial charge in [-0.05, 0) is 17.7 Å². The average Bonchev–Trinajstić information content (AvgIpc) is 3.21. The van der Waals surface area contributed by atoms with Crippen molar-refractivity contribution in [2.45, 2.75) is 32.7 Å². The van der Waals surface area contributed by atoms with E-state index in [1.165, 1.54) is 0 Å². The van der Waals surface area contributed by atoms with Crippen molar-refractivity contribution in [2.24, 2.45) is 0 Å². The average molecular weight is 401 g/mol. The lowest BCUT2D eigenvalue weighted by molar-refractivity contribution is -0.132. The van der Waals surface area contributed by atoms with Gasteiger partial charge >= 0.3 is 0 Å². The van der Waals surface area contributed by atoms with Crippen molar-refractivity contribution < 1.29 is 14.3 Å². The summed E-state index contributed by atoms with van der Waals surface area (Å²) < 4.78 is 12.8. The molecule has 1 aromatic heterocycles. The van der Waals surface area contributed by atoms with Crippen LogP contribution in [0, 0.1) is 0 Å². The lowest BCUT2D eigenvalue weighted by Crippen LogP contribution is -2.49. The van der Waals surface area contributed by atoms with Crippen LogP contribution in [0.2, 0.25) is 0 Å². The van der Waals surface area contributed by atoms with E-state index in [0.29, 0.717) is 23.8 Å². The molecular weight excluding hydrogens is 368 g/mol. The summed E-state index contributed by atoms with van der Waals surface area (Å²) in [6.07, 6.45) is 4.31. The van der Waals surface area contributed by atoms with Gasteiger partial charge in [0, 0.05) is 57.6 Å². The van der Waals surface area contributed by atoms with Crippen molar-refractivity contribution >= 4 is 5.91 Å². The highest BCUT2D eigenvalue weighted by atomic mass is 16.5. The van der Waals surface area contributed by atoms with Crippen molar-refractivity contribution in [1.82, 2.24) is 19.4 Å². The molecule has 29 heavy (non-hydrogen) atoms. The number of nitrogens with zero attached hydrogens (tertiary/aromatic N) is 4. The molecule has 3 rings (SSSR count). The zero-order valence-electron chi connectivity index (χ0n) is 17.9. The summed E-state index contributed by atoms with van der Waals surface area (Å²) in [7, 11) is 3.22. The van der Waals surface area contributed by atoms with Crippen LogP contribution in [-0.2, 0) is 17.8 Å². The summed E-state index contributed by atoms with van der Waals surface area (Å²) in [4.78, 5) is 21.6. The molecule has 1 aliphatic rings. The summed E-state index contributed by atoms with van der Waals surface area (Å²) in [6.45, 7) is 9.61. The molecule has 0 aliphatic carbocycles. The van der Waals surface area contributed by atoms with Gasteiger partial charge in [-0.15, -0.1) is 0 Å². The zero-order valence-corrected chi connectivity index (χ0v) is 17.9. The van der Waals surface area contributed by atoms with E-state index in [4.69, 9.17) is 9.47 Å². The van der Waals surface area contributed by atoms with Gasteiger partial charge in [0.2, 0.25) is 5.91 Å². The number of hydrogen-bond donors (Lipinski definition) is 0. The number of carbonyl (C=O) groups excluding carboxylic acids is 1. The smallest absolute Gasteiger partial charge is 0.227 e. The van der Waals surface area contributed by atoms with Crippen molar-refractivity contribution in [3.8, 4) is 11.5 Å². The second kappa shape index (κ2) is 9.78. The fraction of sp³-hybridized carbons (Fsp3) is 0.545. The van der Waals surface area contributed by atoms with Crippen LogP contribution in [0.25, 0.3) is 0 Å². The number of aromatic nitrogens is 2. The van der Waals surface area contributed by atoms with E-state index >= 15 is 0 Å². The number of ether oxygens (including phenoxy) is 2. The molecule has 7 nitrogen and oxygen atoms in total. The molecule has 1 amide bonds. The van der Waals surface area contributed by atoms with Crippen molar-refractivity contribution in [3.63, 3.8) is 0 Å². The molecule has 1 aliphatic heterocycles. The summed E-state index contributed by atoms with van der Waals surface area (Å²) in [5.41, 5.74) is 0.941. The molecule has 7 heteroatoms. The van der Waals surface area contributed by atoms with E-state index in [-0.39, 0.29) is 5.91 Å². The van der Waals surface area contributed by atoms with Crippen LogP contribution in [0.3, 0.4) is 0 Å². The Morgan fingerprint density at radius 2 is 1.79 bits per heavy atom. The summed E-state index contributed by atoms with van der Waals surface area (Å²) in [6, 6.07) is 5.65. The van der Waals surface area contributed by atoms with Crippen molar-refractivity contribution in [1.29, 1.82) is 0 Å². The number of piperazine rings is 1. The molecule has 0 spiro atoms. The number of hydrogen-bond acceptors (Lipinski definition) is 5. The first-order valence-electron chi connectivity index (χ1n) is 10.2. The SMILES string of the molecule is COc1ccc(CC(=O)N2CCN(CCn3ccnc3C(C)C)CC2)cc1OC. The molecule has 0 unspecified atom stereocenters. The van der Waals surface area contributed by atoms with E-state index < -0.39 is 0 Å². The van der Waals surface area contributed by atoms with Crippen molar-refractivity contribution in [2.75, 3.05) is 46.9 Å². The van der Waals surface area contributed by atoms with E-state index in [9.17, 15) is 4.79 Å².